The van der Waals surface area contributed by atoms with Crippen molar-refractivity contribution in [1.82, 2.24) is 15.3 Å². The number of aromatic amines is 1. The van der Waals surface area contributed by atoms with Gasteiger partial charge in [-0.05, 0) is 36.2 Å². The molecular formula is C16H17N3. The van der Waals surface area contributed by atoms with Crippen molar-refractivity contribution in [3.05, 3.63) is 66.1 Å². The third-order valence-electron chi connectivity index (χ3n) is 3.48. The van der Waals surface area contributed by atoms with Gasteiger partial charge in [-0.25, -0.2) is 0 Å². The van der Waals surface area contributed by atoms with E-state index in [4.69, 9.17) is 0 Å². The number of hydrogen-bond acceptors (Lipinski definition) is 2. The van der Waals surface area contributed by atoms with Crippen molar-refractivity contribution >= 4 is 10.9 Å². The highest BCUT2D eigenvalue weighted by atomic mass is 14.9. The zero-order valence-corrected chi connectivity index (χ0v) is 10.9. The molecule has 19 heavy (non-hydrogen) atoms. The van der Waals surface area contributed by atoms with E-state index in [0.29, 0.717) is 6.04 Å². The molecule has 0 aliphatic rings. The van der Waals surface area contributed by atoms with Crippen molar-refractivity contribution in [2.24, 2.45) is 0 Å². The van der Waals surface area contributed by atoms with Gasteiger partial charge in [0, 0.05) is 42.1 Å². The average Bonchev–Trinajstić information content (AvgIpc) is 2.89. The minimum Gasteiger partial charge on any atom is -0.361 e. The fraction of sp³-hybridized carbons (Fsp3) is 0.188. The molecule has 0 spiro atoms. The molecule has 96 valence electrons. The minimum atomic E-state index is 0.316. The SMILES string of the molecule is CC(NCc1c[nH]c2ccccc12)c1ccncc1. The lowest BCUT2D eigenvalue weighted by atomic mass is 10.1. The van der Waals surface area contributed by atoms with Gasteiger partial charge in [0.25, 0.3) is 0 Å². The van der Waals surface area contributed by atoms with Crippen LogP contribution in [0, 0.1) is 0 Å². The Hall–Kier alpha value is -2.13. The molecule has 3 nitrogen and oxygen atoms in total. The van der Waals surface area contributed by atoms with Crippen molar-refractivity contribution in [3.63, 3.8) is 0 Å². The molecule has 0 amide bonds. The molecule has 2 N–H and O–H groups in total. The third-order valence-corrected chi connectivity index (χ3v) is 3.48. The summed E-state index contributed by atoms with van der Waals surface area (Å²) >= 11 is 0. The Bertz CT molecular complexity index is 658. The van der Waals surface area contributed by atoms with Crippen LogP contribution in [0.5, 0.6) is 0 Å². The molecular weight excluding hydrogens is 234 g/mol. The van der Waals surface area contributed by atoms with E-state index in [9.17, 15) is 0 Å². The van der Waals surface area contributed by atoms with Gasteiger partial charge in [0.05, 0.1) is 0 Å². The summed E-state index contributed by atoms with van der Waals surface area (Å²) in [6, 6.07) is 12.8. The average molecular weight is 251 g/mol. The molecule has 0 saturated heterocycles. The van der Waals surface area contributed by atoms with E-state index in [1.165, 1.54) is 22.0 Å². The van der Waals surface area contributed by atoms with Gasteiger partial charge in [0.2, 0.25) is 0 Å². The molecule has 2 aromatic heterocycles. The second-order valence-electron chi connectivity index (χ2n) is 4.74. The van der Waals surface area contributed by atoms with E-state index >= 15 is 0 Å². The van der Waals surface area contributed by atoms with Gasteiger partial charge in [-0.2, -0.15) is 0 Å². The van der Waals surface area contributed by atoms with Crippen LogP contribution >= 0.6 is 0 Å². The highest BCUT2D eigenvalue weighted by Gasteiger charge is 2.06. The molecule has 3 rings (SSSR count). The summed E-state index contributed by atoms with van der Waals surface area (Å²) in [5.74, 6) is 0. The normalized spacial score (nSPS) is 12.7. The van der Waals surface area contributed by atoms with Crippen molar-refractivity contribution in [1.29, 1.82) is 0 Å². The van der Waals surface area contributed by atoms with E-state index in [-0.39, 0.29) is 0 Å². The molecule has 0 aliphatic heterocycles. The highest BCUT2D eigenvalue weighted by molar-refractivity contribution is 5.82. The van der Waals surface area contributed by atoms with Crippen LogP contribution in [-0.4, -0.2) is 9.97 Å². The number of nitrogens with zero attached hydrogens (tertiary/aromatic N) is 1. The fourth-order valence-corrected chi connectivity index (χ4v) is 2.31. The number of benzene rings is 1. The number of hydrogen-bond donors (Lipinski definition) is 2. The second-order valence-corrected chi connectivity index (χ2v) is 4.74. The molecule has 3 aromatic rings. The lowest BCUT2D eigenvalue weighted by Crippen LogP contribution is -2.17. The van der Waals surface area contributed by atoms with Crippen molar-refractivity contribution in [3.8, 4) is 0 Å². The maximum absolute atomic E-state index is 4.05. The van der Waals surface area contributed by atoms with Crippen molar-refractivity contribution in [2.45, 2.75) is 19.5 Å². The van der Waals surface area contributed by atoms with E-state index in [2.05, 4.69) is 52.7 Å². The summed E-state index contributed by atoms with van der Waals surface area (Å²) in [4.78, 5) is 7.35. The van der Waals surface area contributed by atoms with Crippen LogP contribution in [-0.2, 0) is 6.54 Å². The number of nitrogens with one attached hydrogen (secondary N) is 2. The third kappa shape index (κ3) is 2.51. The van der Waals surface area contributed by atoms with Crippen LogP contribution in [0.4, 0.5) is 0 Å². The largest absolute Gasteiger partial charge is 0.361 e. The Kier molecular flexibility index (Phi) is 3.29. The van der Waals surface area contributed by atoms with E-state index in [0.717, 1.165) is 6.54 Å². The Morgan fingerprint density at radius 1 is 1.16 bits per heavy atom. The first-order valence-corrected chi connectivity index (χ1v) is 6.53. The number of aromatic nitrogens is 2. The number of pyridine rings is 1. The zero-order chi connectivity index (χ0) is 13.1. The molecule has 0 saturated carbocycles. The molecule has 3 heteroatoms. The summed E-state index contributed by atoms with van der Waals surface area (Å²) in [5, 5.41) is 4.83. The molecule has 2 heterocycles. The van der Waals surface area contributed by atoms with E-state index in [1.807, 2.05) is 24.5 Å². The van der Waals surface area contributed by atoms with Crippen LogP contribution in [0.3, 0.4) is 0 Å². The van der Waals surface area contributed by atoms with Crippen LogP contribution in [0.2, 0.25) is 0 Å². The number of rotatable bonds is 4. The maximum atomic E-state index is 4.05. The van der Waals surface area contributed by atoms with Gasteiger partial charge in [0.15, 0.2) is 0 Å². The summed E-state index contributed by atoms with van der Waals surface area (Å²) in [7, 11) is 0. The van der Waals surface area contributed by atoms with Crippen LogP contribution in [0.1, 0.15) is 24.1 Å². The monoisotopic (exact) mass is 251 g/mol. The lowest BCUT2D eigenvalue weighted by molar-refractivity contribution is 0.576. The van der Waals surface area contributed by atoms with Gasteiger partial charge >= 0.3 is 0 Å². The molecule has 1 aromatic carbocycles. The van der Waals surface area contributed by atoms with Gasteiger partial charge in [-0.3, -0.25) is 4.98 Å². The number of para-hydroxylation sites is 1. The van der Waals surface area contributed by atoms with Crippen molar-refractivity contribution < 1.29 is 0 Å². The standard InChI is InChI=1S/C16H17N3/c1-12(13-6-8-17-9-7-13)18-10-14-11-19-16-5-3-2-4-15(14)16/h2-9,11-12,18-19H,10H2,1H3. The lowest BCUT2D eigenvalue weighted by Gasteiger charge is -2.13. The molecule has 1 unspecified atom stereocenters. The summed E-state index contributed by atoms with van der Waals surface area (Å²) < 4.78 is 0. The summed E-state index contributed by atoms with van der Waals surface area (Å²) in [6.45, 7) is 3.03. The molecule has 0 bridgehead atoms. The number of fused-ring (bicyclic) bond motifs is 1. The second kappa shape index (κ2) is 5.24. The van der Waals surface area contributed by atoms with Crippen LogP contribution < -0.4 is 5.32 Å². The fourth-order valence-electron chi connectivity index (χ4n) is 2.31. The van der Waals surface area contributed by atoms with Gasteiger partial charge in [-0.15, -0.1) is 0 Å². The first-order valence-electron chi connectivity index (χ1n) is 6.53. The molecule has 0 fully saturated rings. The Labute approximate surface area is 112 Å². The smallest absolute Gasteiger partial charge is 0.0457 e. The van der Waals surface area contributed by atoms with E-state index in [1.54, 1.807) is 0 Å². The molecule has 0 radical (unpaired) electrons. The first kappa shape index (κ1) is 11.9. The van der Waals surface area contributed by atoms with Crippen LogP contribution in [0.15, 0.2) is 55.0 Å². The first-order chi connectivity index (χ1) is 9.34. The maximum Gasteiger partial charge on any atom is 0.0457 e. The van der Waals surface area contributed by atoms with Gasteiger partial charge < -0.3 is 10.3 Å². The predicted molar refractivity (Wildman–Crippen MR) is 77.8 cm³/mol. The Balaban J connectivity index is 1.73. The van der Waals surface area contributed by atoms with Gasteiger partial charge in [-0.1, -0.05) is 18.2 Å². The quantitative estimate of drug-likeness (QED) is 0.746. The molecule has 0 aliphatic carbocycles. The minimum absolute atomic E-state index is 0.316. The van der Waals surface area contributed by atoms with E-state index < -0.39 is 0 Å². The topological polar surface area (TPSA) is 40.7 Å². The zero-order valence-electron chi connectivity index (χ0n) is 10.9. The Morgan fingerprint density at radius 3 is 2.79 bits per heavy atom. The van der Waals surface area contributed by atoms with Crippen molar-refractivity contribution in [2.75, 3.05) is 0 Å². The summed E-state index contributed by atoms with van der Waals surface area (Å²) in [5.41, 5.74) is 3.75. The predicted octanol–water partition coefficient (Wildman–Crippen LogP) is 3.41. The van der Waals surface area contributed by atoms with Gasteiger partial charge in [0.1, 0.15) is 0 Å². The highest BCUT2D eigenvalue weighted by Crippen LogP contribution is 2.19. The number of H-pyrrole nitrogens is 1. The summed E-state index contributed by atoms with van der Waals surface area (Å²) in [6.07, 6.45) is 5.75. The molecule has 1 atom stereocenters. The Morgan fingerprint density at radius 2 is 1.95 bits per heavy atom. The van der Waals surface area contributed by atoms with Crippen LogP contribution in [0.25, 0.3) is 10.9 Å².